The van der Waals surface area contributed by atoms with Gasteiger partial charge in [-0.2, -0.15) is 0 Å². The van der Waals surface area contributed by atoms with Crippen LogP contribution in [0.4, 0.5) is 11.4 Å². The third-order valence-corrected chi connectivity index (χ3v) is 4.27. The average molecular weight is 342 g/mol. The first kappa shape index (κ1) is 17.1. The summed E-state index contributed by atoms with van der Waals surface area (Å²) in [7, 11) is 0. The Morgan fingerprint density at radius 1 is 1.04 bits per heavy atom. The van der Waals surface area contributed by atoms with Crippen molar-refractivity contribution in [2.24, 2.45) is 0 Å². The number of hydrogen-bond acceptors (Lipinski definition) is 5. The molecule has 1 N–H and O–H groups in total. The molecule has 0 aliphatic heterocycles. The van der Waals surface area contributed by atoms with Gasteiger partial charge in [-0.25, -0.2) is 0 Å². The van der Waals surface area contributed by atoms with E-state index in [0.29, 0.717) is 0 Å². The molecule has 8 nitrogen and oxygen atoms in total. The third-order valence-electron chi connectivity index (χ3n) is 3.88. The van der Waals surface area contributed by atoms with Crippen molar-refractivity contribution in [1.29, 1.82) is 0 Å². The zero-order valence-corrected chi connectivity index (χ0v) is 13.0. The molecule has 0 saturated heterocycles. The van der Waals surface area contributed by atoms with Crippen LogP contribution in [0, 0.1) is 20.2 Å². The minimum absolute atomic E-state index is 0.0150. The molecule has 1 saturated carbocycles. The highest BCUT2D eigenvalue weighted by Crippen LogP contribution is 2.35. The van der Waals surface area contributed by atoms with Crippen LogP contribution >= 0.6 is 11.6 Å². The summed E-state index contributed by atoms with van der Waals surface area (Å²) in [6, 6.07) is 1.93. The fraction of sp³-hybridized carbons (Fsp3) is 0.500. The quantitative estimate of drug-likeness (QED) is 0.510. The predicted molar refractivity (Wildman–Crippen MR) is 83.7 cm³/mol. The standard InChI is InChI=1S/C14H16ClN3O5/c15-13-11(17(20)21)7-9(8-12(13)18(22)23)14(19)16-10-5-3-1-2-4-6-10/h7-8,10H,1-6H2,(H,16,19). The number of halogens is 1. The molecule has 0 aromatic heterocycles. The molecule has 0 spiro atoms. The van der Waals surface area contributed by atoms with Crippen molar-refractivity contribution in [2.75, 3.05) is 0 Å². The molecular formula is C14H16ClN3O5. The Hall–Kier alpha value is -2.22. The van der Waals surface area contributed by atoms with Crippen LogP contribution in [0.2, 0.25) is 5.02 Å². The summed E-state index contributed by atoms with van der Waals surface area (Å²) in [6.45, 7) is 0. The minimum Gasteiger partial charge on any atom is -0.349 e. The van der Waals surface area contributed by atoms with Crippen LogP contribution in [0.15, 0.2) is 12.1 Å². The summed E-state index contributed by atoms with van der Waals surface area (Å²) in [4.78, 5) is 32.6. The molecule has 1 fully saturated rings. The van der Waals surface area contributed by atoms with Crippen molar-refractivity contribution in [3.05, 3.63) is 42.9 Å². The Morgan fingerprint density at radius 3 is 1.96 bits per heavy atom. The highest BCUT2D eigenvalue weighted by molar-refractivity contribution is 6.35. The van der Waals surface area contributed by atoms with Gasteiger partial charge in [0.25, 0.3) is 17.3 Å². The van der Waals surface area contributed by atoms with Crippen molar-refractivity contribution in [3.63, 3.8) is 0 Å². The van der Waals surface area contributed by atoms with Crippen LogP contribution in [0.1, 0.15) is 48.9 Å². The lowest BCUT2D eigenvalue weighted by Gasteiger charge is -2.16. The zero-order chi connectivity index (χ0) is 17.0. The number of benzene rings is 1. The highest BCUT2D eigenvalue weighted by Gasteiger charge is 2.27. The second kappa shape index (κ2) is 7.36. The van der Waals surface area contributed by atoms with E-state index >= 15 is 0 Å². The van der Waals surface area contributed by atoms with Crippen LogP contribution in [-0.4, -0.2) is 21.8 Å². The molecule has 2 rings (SSSR count). The van der Waals surface area contributed by atoms with E-state index in [-0.39, 0.29) is 11.6 Å². The molecule has 0 bridgehead atoms. The molecule has 1 aliphatic rings. The number of rotatable bonds is 4. The largest absolute Gasteiger partial charge is 0.349 e. The molecule has 1 aromatic rings. The topological polar surface area (TPSA) is 115 Å². The van der Waals surface area contributed by atoms with Crippen LogP contribution in [0.25, 0.3) is 0 Å². The number of nitrogens with one attached hydrogen (secondary N) is 1. The molecule has 0 radical (unpaired) electrons. The van der Waals surface area contributed by atoms with E-state index in [1.165, 1.54) is 0 Å². The second-order valence-electron chi connectivity index (χ2n) is 5.50. The highest BCUT2D eigenvalue weighted by atomic mass is 35.5. The second-order valence-corrected chi connectivity index (χ2v) is 5.88. The molecule has 23 heavy (non-hydrogen) atoms. The van der Waals surface area contributed by atoms with Crippen LogP contribution in [-0.2, 0) is 0 Å². The Labute approximate surface area is 137 Å². The monoisotopic (exact) mass is 341 g/mol. The van der Waals surface area contributed by atoms with Crippen molar-refractivity contribution >= 4 is 28.9 Å². The molecule has 0 unspecified atom stereocenters. The Morgan fingerprint density at radius 2 is 1.52 bits per heavy atom. The van der Waals surface area contributed by atoms with Crippen molar-refractivity contribution < 1.29 is 14.6 Å². The normalized spacial score (nSPS) is 15.7. The van der Waals surface area contributed by atoms with Gasteiger partial charge in [0.2, 0.25) is 0 Å². The van der Waals surface area contributed by atoms with E-state index in [1.54, 1.807) is 0 Å². The summed E-state index contributed by atoms with van der Waals surface area (Å²) >= 11 is 5.67. The van der Waals surface area contributed by atoms with Gasteiger partial charge in [0, 0.05) is 18.2 Å². The van der Waals surface area contributed by atoms with E-state index in [1.807, 2.05) is 0 Å². The van der Waals surface area contributed by atoms with Gasteiger partial charge in [-0.05, 0) is 12.8 Å². The number of nitrogens with zero attached hydrogens (tertiary/aromatic N) is 2. The van der Waals surface area contributed by atoms with E-state index in [2.05, 4.69) is 5.32 Å². The van der Waals surface area contributed by atoms with Crippen LogP contribution in [0.5, 0.6) is 0 Å². The summed E-state index contributed by atoms with van der Waals surface area (Å²) in [6.07, 6.45) is 5.92. The van der Waals surface area contributed by atoms with Gasteiger partial charge in [0.05, 0.1) is 15.4 Å². The summed E-state index contributed by atoms with van der Waals surface area (Å²) in [5, 5.41) is 24.2. The first-order valence-electron chi connectivity index (χ1n) is 7.33. The van der Waals surface area contributed by atoms with Crippen LogP contribution < -0.4 is 5.32 Å². The number of carbonyl (C=O) groups excluding carboxylic acids is 1. The summed E-state index contributed by atoms with van der Waals surface area (Å²) in [5.74, 6) is -0.556. The molecule has 1 aromatic carbocycles. The number of amides is 1. The SMILES string of the molecule is O=C(NC1CCCCCC1)c1cc([N+](=O)[O-])c(Cl)c([N+](=O)[O-])c1. The zero-order valence-electron chi connectivity index (χ0n) is 12.3. The fourth-order valence-electron chi connectivity index (χ4n) is 2.68. The molecule has 124 valence electrons. The first-order valence-corrected chi connectivity index (χ1v) is 7.71. The lowest BCUT2D eigenvalue weighted by atomic mass is 10.1. The number of hydrogen-bond donors (Lipinski definition) is 1. The van der Waals surface area contributed by atoms with Crippen molar-refractivity contribution in [3.8, 4) is 0 Å². The van der Waals surface area contributed by atoms with E-state index < -0.39 is 32.2 Å². The lowest BCUT2D eigenvalue weighted by Crippen LogP contribution is -2.34. The van der Waals surface area contributed by atoms with Gasteiger partial charge in [-0.3, -0.25) is 25.0 Å². The van der Waals surface area contributed by atoms with E-state index in [4.69, 9.17) is 11.6 Å². The number of nitro benzene ring substituents is 2. The predicted octanol–water partition coefficient (Wildman–Crippen LogP) is 3.61. The minimum atomic E-state index is -0.836. The van der Waals surface area contributed by atoms with Gasteiger partial charge in [-0.1, -0.05) is 37.3 Å². The Bertz CT molecular complexity index is 606. The first-order chi connectivity index (χ1) is 10.9. The molecular weight excluding hydrogens is 326 g/mol. The Balaban J connectivity index is 2.28. The molecule has 9 heteroatoms. The molecule has 1 aliphatic carbocycles. The average Bonchev–Trinajstić information content (AvgIpc) is 2.75. The van der Waals surface area contributed by atoms with Gasteiger partial charge in [-0.15, -0.1) is 0 Å². The molecule has 1 amide bonds. The fourth-order valence-corrected chi connectivity index (χ4v) is 2.93. The van der Waals surface area contributed by atoms with Crippen LogP contribution in [0.3, 0.4) is 0 Å². The maximum atomic E-state index is 12.3. The van der Waals surface area contributed by atoms with Crippen molar-refractivity contribution in [2.45, 2.75) is 44.6 Å². The number of carbonyl (C=O) groups is 1. The smallest absolute Gasteiger partial charge is 0.295 e. The van der Waals surface area contributed by atoms with Crippen molar-refractivity contribution in [1.82, 2.24) is 5.32 Å². The van der Waals surface area contributed by atoms with E-state index in [9.17, 15) is 25.0 Å². The Kier molecular flexibility index (Phi) is 5.49. The summed E-state index contributed by atoms with van der Waals surface area (Å²) < 4.78 is 0. The number of nitro groups is 2. The molecule has 0 heterocycles. The third kappa shape index (κ3) is 4.16. The maximum Gasteiger partial charge on any atom is 0.295 e. The maximum absolute atomic E-state index is 12.3. The molecule has 0 atom stereocenters. The van der Waals surface area contributed by atoms with Gasteiger partial charge < -0.3 is 5.32 Å². The van der Waals surface area contributed by atoms with E-state index in [0.717, 1.165) is 50.7 Å². The van der Waals surface area contributed by atoms with Gasteiger partial charge in [0.1, 0.15) is 0 Å². The summed E-state index contributed by atoms with van der Waals surface area (Å²) in [5.41, 5.74) is -1.42. The van der Waals surface area contributed by atoms with Gasteiger partial charge >= 0.3 is 0 Å². The van der Waals surface area contributed by atoms with Gasteiger partial charge in [0.15, 0.2) is 5.02 Å². The lowest BCUT2D eigenvalue weighted by molar-refractivity contribution is -0.393.